The second-order valence-electron chi connectivity index (χ2n) is 10.6. The van der Waals surface area contributed by atoms with Crippen LogP contribution in [-0.4, -0.2) is 38.5 Å². The van der Waals surface area contributed by atoms with Crippen LogP contribution in [0.2, 0.25) is 0 Å². The van der Waals surface area contributed by atoms with Crippen LogP contribution in [0, 0.1) is 10.8 Å². The largest absolute Gasteiger partial charge is 0.493 e. The third kappa shape index (κ3) is 11.2. The Hall–Kier alpha value is -1.76. The molecule has 0 atom stereocenters. The van der Waals surface area contributed by atoms with Gasteiger partial charge in [-0.15, -0.1) is 0 Å². The van der Waals surface area contributed by atoms with E-state index in [1.54, 1.807) is 0 Å². The molecule has 0 fully saturated rings. The van der Waals surface area contributed by atoms with Crippen molar-refractivity contribution in [3.05, 3.63) is 16.7 Å². The van der Waals surface area contributed by atoms with Crippen molar-refractivity contribution in [3.63, 3.8) is 0 Å². The van der Waals surface area contributed by atoms with Gasteiger partial charge in [-0.3, -0.25) is 13.9 Å². The van der Waals surface area contributed by atoms with E-state index in [0.717, 1.165) is 71.0 Å². The van der Waals surface area contributed by atoms with Crippen molar-refractivity contribution in [1.82, 2.24) is 9.13 Å². The number of aryl methyl sites for hydroxylation is 1. The molecule has 0 saturated carbocycles. The van der Waals surface area contributed by atoms with Crippen molar-refractivity contribution in [2.45, 2.75) is 112 Å². The first kappa shape index (κ1) is 28.3. The van der Waals surface area contributed by atoms with Gasteiger partial charge < -0.3 is 14.9 Å². The third-order valence-electron chi connectivity index (χ3n) is 6.26. The predicted octanol–water partition coefficient (Wildman–Crippen LogP) is 5.43. The molecule has 2 N–H and O–H groups in total. The first-order chi connectivity index (χ1) is 15.0. The predicted molar refractivity (Wildman–Crippen MR) is 128 cm³/mol. The molecule has 32 heavy (non-hydrogen) atoms. The van der Waals surface area contributed by atoms with Crippen LogP contribution < -0.4 is 5.69 Å². The number of carboxylic acid groups (broad SMARTS) is 1. The molecule has 7 nitrogen and oxygen atoms in total. The maximum Gasteiger partial charge on any atom is 0.331 e. The van der Waals surface area contributed by atoms with Crippen LogP contribution in [0.4, 0.5) is 0 Å². The Morgan fingerprint density at radius 1 is 0.938 bits per heavy atom. The average Bonchev–Trinajstić information content (AvgIpc) is 2.96. The van der Waals surface area contributed by atoms with Crippen molar-refractivity contribution in [2.24, 2.45) is 10.8 Å². The van der Waals surface area contributed by atoms with E-state index >= 15 is 0 Å². The molecule has 0 unspecified atom stereocenters. The van der Waals surface area contributed by atoms with Gasteiger partial charge in [0.15, 0.2) is 0 Å². The lowest BCUT2D eigenvalue weighted by atomic mass is 9.82. The van der Waals surface area contributed by atoms with E-state index in [1.807, 2.05) is 20.8 Å². The van der Waals surface area contributed by atoms with E-state index in [9.17, 15) is 14.7 Å². The number of carboxylic acids is 1. The highest BCUT2D eigenvalue weighted by molar-refractivity contribution is 5.67. The first-order valence-corrected chi connectivity index (χ1v) is 12.3. The molecule has 0 bridgehead atoms. The van der Waals surface area contributed by atoms with E-state index in [-0.39, 0.29) is 28.8 Å². The molecule has 0 aliphatic carbocycles. The van der Waals surface area contributed by atoms with Gasteiger partial charge in [0.2, 0.25) is 5.88 Å². The Kier molecular flexibility index (Phi) is 12.1. The summed E-state index contributed by atoms with van der Waals surface area (Å²) in [5, 5.41) is 18.8. The highest BCUT2D eigenvalue weighted by atomic mass is 16.5. The lowest BCUT2D eigenvalue weighted by molar-refractivity contribution is -0.139. The average molecular weight is 455 g/mol. The van der Waals surface area contributed by atoms with Gasteiger partial charge in [0.05, 0.1) is 12.6 Å². The van der Waals surface area contributed by atoms with E-state index in [2.05, 4.69) is 13.8 Å². The Bertz CT molecular complexity index is 733. The van der Waals surface area contributed by atoms with Crippen LogP contribution in [0.5, 0.6) is 5.88 Å². The van der Waals surface area contributed by atoms with Crippen molar-refractivity contribution in [2.75, 3.05) is 13.2 Å². The summed E-state index contributed by atoms with van der Waals surface area (Å²) in [6, 6.07) is 0. The molecule has 0 saturated heterocycles. The minimum absolute atomic E-state index is 0.0556. The summed E-state index contributed by atoms with van der Waals surface area (Å²) in [4.78, 5) is 23.0. The van der Waals surface area contributed by atoms with Crippen LogP contribution in [0.3, 0.4) is 0 Å². The molecule has 1 aromatic rings. The fourth-order valence-corrected chi connectivity index (χ4v) is 4.17. The van der Waals surface area contributed by atoms with E-state index < -0.39 is 5.97 Å². The molecule has 0 aromatic carbocycles. The summed E-state index contributed by atoms with van der Waals surface area (Å²) in [7, 11) is 0. The maximum absolute atomic E-state index is 12.1. The molecule has 0 amide bonds. The highest BCUT2D eigenvalue weighted by Gasteiger charge is 2.21. The maximum atomic E-state index is 12.1. The van der Waals surface area contributed by atoms with Crippen LogP contribution >= 0.6 is 0 Å². The number of rotatable bonds is 18. The van der Waals surface area contributed by atoms with Crippen LogP contribution in [-0.2, 0) is 22.6 Å². The minimum Gasteiger partial charge on any atom is -0.493 e. The summed E-state index contributed by atoms with van der Waals surface area (Å²) in [6.07, 6.45) is 11.0. The topological polar surface area (TPSA) is 93.7 Å². The molecule has 0 aliphatic rings. The summed E-state index contributed by atoms with van der Waals surface area (Å²) < 4.78 is 8.74. The molecule has 1 rings (SSSR count). The molecule has 0 radical (unpaired) electrons. The van der Waals surface area contributed by atoms with Gasteiger partial charge >= 0.3 is 11.7 Å². The molecule has 1 heterocycles. The molecule has 0 spiro atoms. The van der Waals surface area contributed by atoms with Gasteiger partial charge in [0, 0.05) is 26.3 Å². The smallest absolute Gasteiger partial charge is 0.331 e. The van der Waals surface area contributed by atoms with Crippen molar-refractivity contribution < 1.29 is 19.7 Å². The monoisotopic (exact) mass is 454 g/mol. The molecule has 186 valence electrons. The number of hydrogen-bond donors (Lipinski definition) is 2. The molecular formula is C25H46N2O5. The van der Waals surface area contributed by atoms with Crippen molar-refractivity contribution in [1.29, 1.82) is 0 Å². The Labute approximate surface area is 193 Å². The normalized spacial score (nSPS) is 12.4. The molecule has 0 aliphatic heterocycles. The summed E-state index contributed by atoms with van der Waals surface area (Å²) in [5.74, 6) is -0.671. The summed E-state index contributed by atoms with van der Waals surface area (Å²) in [6.45, 7) is 13.2. The minimum atomic E-state index is -0.726. The van der Waals surface area contributed by atoms with Gasteiger partial charge in [-0.1, -0.05) is 47.0 Å². The standard InChI is InChI=1S/C25H46N2O5/c1-6-26-20-21(28)27(23(26)31)16-10-7-13-24(2,3)14-8-11-17-32-18-12-9-15-25(4,5)19-22(29)30/h20,28H,6-19H2,1-5H3,(H,29,30). The fourth-order valence-electron chi connectivity index (χ4n) is 4.17. The third-order valence-corrected chi connectivity index (χ3v) is 6.26. The number of imidazole rings is 1. The van der Waals surface area contributed by atoms with Gasteiger partial charge in [-0.05, 0) is 56.3 Å². The summed E-state index contributed by atoms with van der Waals surface area (Å²) in [5.41, 5.74) is -0.0138. The first-order valence-electron chi connectivity index (χ1n) is 12.3. The molecule has 7 heteroatoms. The molecule has 1 aromatic heterocycles. The zero-order valence-electron chi connectivity index (χ0n) is 21.0. The van der Waals surface area contributed by atoms with Gasteiger partial charge in [-0.2, -0.15) is 0 Å². The number of aromatic nitrogens is 2. The highest BCUT2D eigenvalue weighted by Crippen LogP contribution is 2.30. The SMILES string of the molecule is CCn1cc(O)n(CCCCC(C)(C)CCCCOCCCCC(C)(C)CC(=O)O)c1=O. The second-order valence-corrected chi connectivity index (χ2v) is 10.6. The zero-order chi connectivity index (χ0) is 24.2. The molecular weight excluding hydrogens is 408 g/mol. The number of aliphatic carboxylic acids is 1. The number of ether oxygens (including phenoxy) is 1. The Balaban J connectivity index is 2.08. The number of hydrogen-bond acceptors (Lipinski definition) is 4. The fraction of sp³-hybridized carbons (Fsp3) is 0.840. The Morgan fingerprint density at radius 2 is 1.47 bits per heavy atom. The van der Waals surface area contributed by atoms with Crippen LogP contribution in [0.25, 0.3) is 0 Å². The van der Waals surface area contributed by atoms with E-state index in [1.165, 1.54) is 15.3 Å². The van der Waals surface area contributed by atoms with Gasteiger partial charge in [0.1, 0.15) is 0 Å². The van der Waals surface area contributed by atoms with Crippen molar-refractivity contribution >= 4 is 5.97 Å². The van der Waals surface area contributed by atoms with Gasteiger partial charge in [-0.25, -0.2) is 4.79 Å². The van der Waals surface area contributed by atoms with E-state index in [4.69, 9.17) is 9.84 Å². The lowest BCUT2D eigenvalue weighted by Crippen LogP contribution is -2.23. The Morgan fingerprint density at radius 3 is 1.97 bits per heavy atom. The number of carbonyl (C=O) groups is 1. The van der Waals surface area contributed by atoms with Crippen molar-refractivity contribution in [3.8, 4) is 5.88 Å². The van der Waals surface area contributed by atoms with Crippen LogP contribution in [0.1, 0.15) is 98.8 Å². The van der Waals surface area contributed by atoms with Gasteiger partial charge in [0.25, 0.3) is 0 Å². The quantitative estimate of drug-likeness (QED) is 0.288. The number of unbranched alkanes of at least 4 members (excludes halogenated alkanes) is 3. The lowest BCUT2D eigenvalue weighted by Gasteiger charge is -2.24. The second kappa shape index (κ2) is 13.7. The number of nitrogens with zero attached hydrogens (tertiary/aromatic N) is 2. The number of aromatic hydroxyl groups is 1. The van der Waals surface area contributed by atoms with Crippen LogP contribution in [0.15, 0.2) is 11.0 Å². The zero-order valence-corrected chi connectivity index (χ0v) is 21.0. The van der Waals surface area contributed by atoms with E-state index in [0.29, 0.717) is 13.1 Å². The summed E-state index contributed by atoms with van der Waals surface area (Å²) >= 11 is 0.